The van der Waals surface area contributed by atoms with Crippen LogP contribution < -0.4 is 0 Å². The molecule has 0 bridgehead atoms. The van der Waals surface area contributed by atoms with Crippen molar-refractivity contribution in [2.45, 2.75) is 234 Å². The minimum absolute atomic E-state index is 0.0679. The molecule has 0 aromatic carbocycles. The van der Waals surface area contributed by atoms with E-state index >= 15 is 0 Å². The summed E-state index contributed by atoms with van der Waals surface area (Å²) in [5.74, 6) is 1.49. The Kier molecular flexibility index (Phi) is 34.7. The van der Waals surface area contributed by atoms with Crippen LogP contribution in [0.2, 0.25) is 0 Å². The highest BCUT2D eigenvalue weighted by atomic mass is 16.6. The van der Waals surface area contributed by atoms with Crippen molar-refractivity contribution >= 4 is 17.9 Å². The smallest absolute Gasteiger partial charge is 0.306 e. The van der Waals surface area contributed by atoms with Gasteiger partial charge in [0.15, 0.2) is 6.10 Å². The molecule has 1 atom stereocenters. The molecule has 6 nitrogen and oxygen atoms in total. The summed E-state index contributed by atoms with van der Waals surface area (Å²) in [6.45, 7) is 13.5. The maximum absolute atomic E-state index is 12.7. The second-order valence-electron chi connectivity index (χ2n) is 16.4. The van der Waals surface area contributed by atoms with Crippen molar-refractivity contribution in [2.75, 3.05) is 13.2 Å². The highest BCUT2D eigenvalue weighted by molar-refractivity contribution is 5.71. The molecule has 0 saturated heterocycles. The SMILES string of the molecule is CC(C)CCCCCCCCCCCCC(=O)O[C@@H](COC(=O)CCCCCCCCCC(C)C)COC(=O)CCCCCCCCC(C)C. The summed E-state index contributed by atoms with van der Waals surface area (Å²) in [4.78, 5) is 37.6. The standard InChI is InChI=1S/C44H84O6/c1-38(2)30-24-18-12-9-7-8-10-14-23-29-35-44(47)50-41(37-49-43(46)34-28-22-17-16-20-26-32-40(5)6)36-48-42(45)33-27-21-15-11-13-19-25-31-39(3)4/h38-41H,7-37H2,1-6H3/t41-/m0/s1. The second kappa shape index (κ2) is 35.8. The molecule has 0 spiro atoms. The first kappa shape index (κ1) is 48.4. The highest BCUT2D eigenvalue weighted by Crippen LogP contribution is 2.16. The predicted octanol–water partition coefficient (Wildman–Crippen LogP) is 13.3. The van der Waals surface area contributed by atoms with Gasteiger partial charge in [0, 0.05) is 19.3 Å². The molecule has 0 aromatic heterocycles. The molecule has 0 radical (unpaired) electrons. The van der Waals surface area contributed by atoms with Crippen LogP contribution in [0, 0.1) is 17.8 Å². The maximum atomic E-state index is 12.7. The van der Waals surface area contributed by atoms with E-state index in [0.29, 0.717) is 19.3 Å². The van der Waals surface area contributed by atoms with E-state index < -0.39 is 6.10 Å². The van der Waals surface area contributed by atoms with E-state index in [2.05, 4.69) is 41.5 Å². The summed E-state index contributed by atoms with van der Waals surface area (Å²) >= 11 is 0. The lowest BCUT2D eigenvalue weighted by molar-refractivity contribution is -0.167. The third kappa shape index (κ3) is 37.7. The molecule has 0 aliphatic carbocycles. The van der Waals surface area contributed by atoms with Gasteiger partial charge in [0.25, 0.3) is 0 Å². The Morgan fingerprint density at radius 1 is 0.340 bits per heavy atom. The molecule has 0 N–H and O–H groups in total. The van der Waals surface area contributed by atoms with E-state index in [4.69, 9.17) is 14.2 Å². The fourth-order valence-electron chi connectivity index (χ4n) is 6.35. The fourth-order valence-corrected chi connectivity index (χ4v) is 6.35. The van der Waals surface area contributed by atoms with Gasteiger partial charge in [-0.3, -0.25) is 14.4 Å². The molecule has 0 rings (SSSR count). The number of esters is 3. The van der Waals surface area contributed by atoms with Crippen LogP contribution >= 0.6 is 0 Å². The summed E-state index contributed by atoms with van der Waals surface area (Å²) in [7, 11) is 0. The molecule has 0 unspecified atom stereocenters. The zero-order valence-corrected chi connectivity index (χ0v) is 34.2. The zero-order valence-electron chi connectivity index (χ0n) is 34.2. The maximum Gasteiger partial charge on any atom is 0.306 e. The first-order chi connectivity index (χ1) is 24.1. The number of unbranched alkanes of at least 4 members (excludes halogenated alkanes) is 20. The Morgan fingerprint density at radius 3 is 0.860 bits per heavy atom. The van der Waals surface area contributed by atoms with Gasteiger partial charge in [-0.2, -0.15) is 0 Å². The number of hydrogen-bond acceptors (Lipinski definition) is 6. The van der Waals surface area contributed by atoms with Crippen molar-refractivity contribution in [3.05, 3.63) is 0 Å². The highest BCUT2D eigenvalue weighted by Gasteiger charge is 2.19. The van der Waals surface area contributed by atoms with Crippen LogP contribution in [0.1, 0.15) is 228 Å². The van der Waals surface area contributed by atoms with Crippen LogP contribution in [-0.4, -0.2) is 37.2 Å². The Labute approximate surface area is 310 Å². The van der Waals surface area contributed by atoms with Gasteiger partial charge >= 0.3 is 17.9 Å². The molecular formula is C44H84O6. The van der Waals surface area contributed by atoms with E-state index in [1.165, 1.54) is 109 Å². The Bertz CT molecular complexity index is 776. The molecule has 0 saturated carbocycles. The minimum Gasteiger partial charge on any atom is -0.462 e. The quantitative estimate of drug-likeness (QED) is 0.0363. The van der Waals surface area contributed by atoms with Crippen molar-refractivity contribution in [1.29, 1.82) is 0 Å². The molecule has 0 fully saturated rings. The zero-order chi connectivity index (χ0) is 37.1. The fraction of sp³-hybridized carbons (Fsp3) is 0.932. The first-order valence-electron chi connectivity index (χ1n) is 21.6. The van der Waals surface area contributed by atoms with Crippen LogP contribution in [-0.2, 0) is 28.6 Å². The molecule has 296 valence electrons. The summed E-state index contributed by atoms with van der Waals surface area (Å²) in [6.07, 6.45) is 31.1. The van der Waals surface area contributed by atoms with Crippen molar-refractivity contribution < 1.29 is 28.6 Å². The van der Waals surface area contributed by atoms with Gasteiger partial charge in [0.1, 0.15) is 13.2 Å². The predicted molar refractivity (Wildman–Crippen MR) is 210 cm³/mol. The van der Waals surface area contributed by atoms with Crippen molar-refractivity contribution in [2.24, 2.45) is 17.8 Å². The lowest BCUT2D eigenvalue weighted by Gasteiger charge is -2.18. The lowest BCUT2D eigenvalue weighted by Crippen LogP contribution is -2.30. The first-order valence-corrected chi connectivity index (χ1v) is 21.6. The van der Waals surface area contributed by atoms with Crippen LogP contribution in [0.4, 0.5) is 0 Å². The monoisotopic (exact) mass is 709 g/mol. The van der Waals surface area contributed by atoms with Gasteiger partial charge in [-0.15, -0.1) is 0 Å². The summed E-state index contributed by atoms with van der Waals surface area (Å²) in [5, 5.41) is 0. The van der Waals surface area contributed by atoms with Gasteiger partial charge in [-0.25, -0.2) is 0 Å². The van der Waals surface area contributed by atoms with Crippen molar-refractivity contribution in [3.63, 3.8) is 0 Å². The van der Waals surface area contributed by atoms with Crippen LogP contribution in [0.25, 0.3) is 0 Å². The number of rotatable bonds is 37. The van der Waals surface area contributed by atoms with E-state index in [-0.39, 0.29) is 31.1 Å². The molecule has 0 amide bonds. The summed E-state index contributed by atoms with van der Waals surface area (Å²) in [5.41, 5.74) is 0. The van der Waals surface area contributed by atoms with Gasteiger partial charge in [-0.05, 0) is 37.0 Å². The Balaban J connectivity index is 4.35. The molecule has 0 aliphatic rings. The third-order valence-corrected chi connectivity index (χ3v) is 9.65. The van der Waals surface area contributed by atoms with Gasteiger partial charge in [0.2, 0.25) is 0 Å². The molecule has 50 heavy (non-hydrogen) atoms. The number of hydrogen-bond donors (Lipinski definition) is 0. The van der Waals surface area contributed by atoms with Crippen LogP contribution in [0.15, 0.2) is 0 Å². The molecular weight excluding hydrogens is 624 g/mol. The van der Waals surface area contributed by atoms with E-state index in [1.54, 1.807) is 0 Å². The number of carbonyl (C=O) groups is 3. The van der Waals surface area contributed by atoms with Crippen LogP contribution in [0.3, 0.4) is 0 Å². The average molecular weight is 709 g/mol. The number of ether oxygens (including phenoxy) is 3. The molecule has 0 heterocycles. The van der Waals surface area contributed by atoms with Crippen molar-refractivity contribution in [3.8, 4) is 0 Å². The van der Waals surface area contributed by atoms with E-state index in [0.717, 1.165) is 75.5 Å². The molecule has 0 aromatic rings. The molecule has 6 heteroatoms. The van der Waals surface area contributed by atoms with Crippen molar-refractivity contribution in [1.82, 2.24) is 0 Å². The molecule has 0 aliphatic heterocycles. The van der Waals surface area contributed by atoms with Crippen LogP contribution in [0.5, 0.6) is 0 Å². The van der Waals surface area contributed by atoms with Gasteiger partial charge in [0.05, 0.1) is 0 Å². The van der Waals surface area contributed by atoms with E-state index in [9.17, 15) is 14.4 Å². The number of carbonyl (C=O) groups excluding carboxylic acids is 3. The lowest BCUT2D eigenvalue weighted by atomic mass is 10.0. The Hall–Kier alpha value is -1.59. The second-order valence-corrected chi connectivity index (χ2v) is 16.4. The van der Waals surface area contributed by atoms with Gasteiger partial charge in [-0.1, -0.05) is 189 Å². The largest absolute Gasteiger partial charge is 0.462 e. The topological polar surface area (TPSA) is 78.9 Å². The minimum atomic E-state index is -0.761. The van der Waals surface area contributed by atoms with E-state index in [1.807, 2.05) is 0 Å². The Morgan fingerprint density at radius 2 is 0.580 bits per heavy atom. The summed E-state index contributed by atoms with van der Waals surface area (Å²) < 4.78 is 16.6. The third-order valence-electron chi connectivity index (χ3n) is 9.65. The summed E-state index contributed by atoms with van der Waals surface area (Å²) in [6, 6.07) is 0. The normalized spacial score (nSPS) is 12.2. The van der Waals surface area contributed by atoms with Gasteiger partial charge < -0.3 is 14.2 Å². The average Bonchev–Trinajstić information content (AvgIpc) is 3.06.